The highest BCUT2D eigenvalue weighted by molar-refractivity contribution is 6.33. The molecule has 4 rings (SSSR count). The van der Waals surface area contributed by atoms with E-state index < -0.39 is 0 Å². The van der Waals surface area contributed by atoms with Crippen LogP contribution in [0, 0.1) is 0 Å². The number of fused-ring (bicyclic) bond motifs is 3. The lowest BCUT2D eigenvalue weighted by Gasteiger charge is -2.27. The fraction of sp³-hybridized carbons (Fsp3) is 0.176. The van der Waals surface area contributed by atoms with Crippen LogP contribution in [0.15, 0.2) is 36.5 Å². The highest BCUT2D eigenvalue weighted by atomic mass is 35.5. The van der Waals surface area contributed by atoms with Gasteiger partial charge < -0.3 is 9.88 Å². The number of carbonyl (C=O) groups is 1. The van der Waals surface area contributed by atoms with E-state index in [0.717, 1.165) is 28.7 Å². The molecule has 1 aliphatic rings. The smallest absolute Gasteiger partial charge is 0.255 e. The Balaban J connectivity index is 1.71. The van der Waals surface area contributed by atoms with Crippen LogP contribution in [-0.2, 0) is 13.0 Å². The number of hydrogen-bond acceptors (Lipinski definition) is 2. The number of aromatic nitrogens is 2. The Hall–Kier alpha value is -2.04. The second-order valence-corrected chi connectivity index (χ2v) is 6.43. The average molecular weight is 346 g/mol. The number of halogens is 2. The third-order valence-corrected chi connectivity index (χ3v) is 4.72. The van der Waals surface area contributed by atoms with Gasteiger partial charge in [-0.25, -0.2) is 4.98 Å². The summed E-state index contributed by atoms with van der Waals surface area (Å²) in [5.74, 6) is -0.0504. The standard InChI is InChI=1S/C17H13Cl2N3O/c18-10-7-12-13-9-22(6-5-15(13)21-16(12)20-8-10)17(23)11-3-1-2-4-14(11)19/h1-4,7-8H,5-6,9H2,(H,20,21). The van der Waals surface area contributed by atoms with Gasteiger partial charge in [0.15, 0.2) is 0 Å². The number of rotatable bonds is 1. The average Bonchev–Trinajstić information content (AvgIpc) is 2.92. The number of benzene rings is 1. The third-order valence-electron chi connectivity index (χ3n) is 4.19. The molecule has 0 spiro atoms. The van der Waals surface area contributed by atoms with Crippen molar-refractivity contribution in [3.63, 3.8) is 0 Å². The number of nitrogens with zero attached hydrogens (tertiary/aromatic N) is 2. The zero-order valence-corrected chi connectivity index (χ0v) is 13.7. The van der Waals surface area contributed by atoms with Gasteiger partial charge in [-0.3, -0.25) is 4.79 Å². The maximum Gasteiger partial charge on any atom is 0.255 e. The summed E-state index contributed by atoms with van der Waals surface area (Å²) < 4.78 is 0. The zero-order valence-electron chi connectivity index (χ0n) is 12.1. The van der Waals surface area contributed by atoms with Gasteiger partial charge in [0.2, 0.25) is 0 Å². The molecule has 0 saturated heterocycles. The molecule has 1 aromatic carbocycles. The first-order chi connectivity index (χ1) is 11.1. The first-order valence-corrected chi connectivity index (χ1v) is 8.08. The number of H-pyrrole nitrogens is 1. The van der Waals surface area contributed by atoms with Crippen LogP contribution in [0.4, 0.5) is 0 Å². The van der Waals surface area contributed by atoms with Gasteiger partial charge in [0.25, 0.3) is 5.91 Å². The van der Waals surface area contributed by atoms with Crippen molar-refractivity contribution in [2.75, 3.05) is 6.54 Å². The Morgan fingerprint density at radius 1 is 1.26 bits per heavy atom. The highest BCUT2D eigenvalue weighted by Gasteiger charge is 2.26. The van der Waals surface area contributed by atoms with E-state index >= 15 is 0 Å². The lowest BCUT2D eigenvalue weighted by Crippen LogP contribution is -2.35. The molecule has 0 atom stereocenters. The molecule has 6 heteroatoms. The topological polar surface area (TPSA) is 49.0 Å². The van der Waals surface area contributed by atoms with E-state index in [9.17, 15) is 4.79 Å². The third kappa shape index (κ3) is 2.48. The van der Waals surface area contributed by atoms with Crippen LogP contribution in [0.2, 0.25) is 10.0 Å². The molecular weight excluding hydrogens is 333 g/mol. The maximum atomic E-state index is 12.7. The van der Waals surface area contributed by atoms with E-state index in [2.05, 4.69) is 9.97 Å². The summed E-state index contributed by atoms with van der Waals surface area (Å²) in [6.45, 7) is 1.18. The van der Waals surface area contributed by atoms with E-state index in [4.69, 9.17) is 23.2 Å². The molecule has 0 bridgehead atoms. The quantitative estimate of drug-likeness (QED) is 0.722. The van der Waals surface area contributed by atoms with Gasteiger partial charge in [-0.1, -0.05) is 35.3 Å². The summed E-state index contributed by atoms with van der Waals surface area (Å²) in [5, 5.41) is 2.05. The summed E-state index contributed by atoms with van der Waals surface area (Å²) in [6.07, 6.45) is 2.39. The first kappa shape index (κ1) is 14.5. The molecule has 3 aromatic rings. The van der Waals surface area contributed by atoms with Crippen LogP contribution >= 0.6 is 23.2 Å². The van der Waals surface area contributed by atoms with E-state index in [1.54, 1.807) is 18.3 Å². The van der Waals surface area contributed by atoms with Gasteiger partial charge in [0, 0.05) is 42.4 Å². The Kier molecular flexibility index (Phi) is 3.51. The molecule has 0 unspecified atom stereocenters. The molecule has 23 heavy (non-hydrogen) atoms. The maximum absolute atomic E-state index is 12.7. The summed E-state index contributed by atoms with van der Waals surface area (Å²) in [6, 6.07) is 9.03. The molecule has 2 aromatic heterocycles. The monoisotopic (exact) mass is 345 g/mol. The molecule has 116 valence electrons. The Bertz CT molecular complexity index is 919. The van der Waals surface area contributed by atoms with Crippen molar-refractivity contribution in [1.82, 2.24) is 14.9 Å². The van der Waals surface area contributed by atoms with Crippen molar-refractivity contribution in [1.29, 1.82) is 0 Å². The van der Waals surface area contributed by atoms with Crippen LogP contribution in [0.25, 0.3) is 11.0 Å². The number of hydrogen-bond donors (Lipinski definition) is 1. The molecule has 1 aliphatic heterocycles. The molecule has 0 radical (unpaired) electrons. The highest BCUT2D eigenvalue weighted by Crippen LogP contribution is 2.29. The minimum Gasteiger partial charge on any atom is -0.343 e. The minimum absolute atomic E-state index is 0.0504. The van der Waals surface area contributed by atoms with E-state index in [0.29, 0.717) is 28.7 Å². The fourth-order valence-corrected chi connectivity index (χ4v) is 3.41. The van der Waals surface area contributed by atoms with Crippen molar-refractivity contribution in [3.05, 3.63) is 63.4 Å². The summed E-state index contributed by atoms with van der Waals surface area (Å²) in [4.78, 5) is 22.2. The Morgan fingerprint density at radius 3 is 2.91 bits per heavy atom. The summed E-state index contributed by atoms with van der Waals surface area (Å²) in [5.41, 5.74) is 3.56. The van der Waals surface area contributed by atoms with E-state index in [1.807, 2.05) is 23.1 Å². The second kappa shape index (κ2) is 5.55. The van der Waals surface area contributed by atoms with E-state index in [1.165, 1.54) is 0 Å². The molecule has 4 nitrogen and oxygen atoms in total. The van der Waals surface area contributed by atoms with Crippen LogP contribution in [0.1, 0.15) is 21.6 Å². The second-order valence-electron chi connectivity index (χ2n) is 5.59. The molecule has 0 saturated carbocycles. The number of amides is 1. The number of aromatic amines is 1. The van der Waals surface area contributed by atoms with Gasteiger partial charge >= 0.3 is 0 Å². The first-order valence-electron chi connectivity index (χ1n) is 7.32. The largest absolute Gasteiger partial charge is 0.343 e. The lowest BCUT2D eigenvalue weighted by molar-refractivity contribution is 0.0735. The van der Waals surface area contributed by atoms with Crippen molar-refractivity contribution >= 4 is 40.1 Å². The SMILES string of the molecule is O=C(c1ccccc1Cl)N1CCc2[nH]c3ncc(Cl)cc3c2C1. The van der Waals surface area contributed by atoms with Crippen molar-refractivity contribution in [3.8, 4) is 0 Å². The Morgan fingerprint density at radius 2 is 2.09 bits per heavy atom. The van der Waals surface area contributed by atoms with Gasteiger partial charge in [0.05, 0.1) is 15.6 Å². The fourth-order valence-electron chi connectivity index (χ4n) is 3.04. The normalized spacial score (nSPS) is 14.1. The van der Waals surface area contributed by atoms with Gasteiger partial charge in [-0.2, -0.15) is 0 Å². The number of carbonyl (C=O) groups excluding carboxylic acids is 1. The molecule has 1 N–H and O–H groups in total. The molecule has 0 fully saturated rings. The van der Waals surface area contributed by atoms with E-state index in [-0.39, 0.29) is 5.91 Å². The molecule has 3 heterocycles. The van der Waals surface area contributed by atoms with Crippen molar-refractivity contribution < 1.29 is 4.79 Å². The van der Waals surface area contributed by atoms with Crippen LogP contribution in [0.3, 0.4) is 0 Å². The predicted octanol–water partition coefficient (Wildman–Crippen LogP) is 4.07. The van der Waals surface area contributed by atoms with Crippen molar-refractivity contribution in [2.24, 2.45) is 0 Å². The minimum atomic E-state index is -0.0504. The number of nitrogens with one attached hydrogen (secondary N) is 1. The van der Waals surface area contributed by atoms with Gasteiger partial charge in [-0.15, -0.1) is 0 Å². The van der Waals surface area contributed by atoms with Gasteiger partial charge in [-0.05, 0) is 18.2 Å². The van der Waals surface area contributed by atoms with Crippen LogP contribution in [0.5, 0.6) is 0 Å². The predicted molar refractivity (Wildman–Crippen MR) is 91.0 cm³/mol. The molecular formula is C17H13Cl2N3O. The number of pyridine rings is 1. The Labute approximate surface area is 143 Å². The molecule has 0 aliphatic carbocycles. The van der Waals surface area contributed by atoms with Crippen LogP contribution in [-0.4, -0.2) is 27.3 Å². The lowest BCUT2D eigenvalue weighted by atomic mass is 10.0. The molecule has 1 amide bonds. The van der Waals surface area contributed by atoms with Crippen molar-refractivity contribution in [2.45, 2.75) is 13.0 Å². The van der Waals surface area contributed by atoms with Gasteiger partial charge in [0.1, 0.15) is 5.65 Å². The van der Waals surface area contributed by atoms with Crippen LogP contribution < -0.4 is 0 Å². The zero-order chi connectivity index (χ0) is 16.0. The summed E-state index contributed by atoms with van der Waals surface area (Å²) in [7, 11) is 0. The summed E-state index contributed by atoms with van der Waals surface area (Å²) >= 11 is 12.2.